The second kappa shape index (κ2) is 5.72. The van der Waals surface area contributed by atoms with Crippen LogP contribution in [0.5, 0.6) is 0 Å². The average molecular weight is 228 g/mol. The number of urea groups is 1. The van der Waals surface area contributed by atoms with Crippen LogP contribution in [0.1, 0.15) is 39.0 Å². The van der Waals surface area contributed by atoms with E-state index in [0.717, 1.165) is 12.8 Å². The first-order valence-electron chi connectivity index (χ1n) is 5.75. The number of carbonyl (C=O) groups excluding carboxylic acids is 1. The average Bonchev–Trinajstić information content (AvgIpc) is 2.25. The molecule has 5 nitrogen and oxygen atoms in total. The van der Waals surface area contributed by atoms with Gasteiger partial charge in [0.15, 0.2) is 0 Å². The molecule has 0 bridgehead atoms. The standard InChI is InChI=1S/C11H20N2O3/c1-11(5-3-2-4-6-11)8-13-10(16)12-7-9(14)15/h2-8H2,1H3,(H,14,15)(H2,12,13,16). The van der Waals surface area contributed by atoms with Crippen LogP contribution in [0.4, 0.5) is 4.79 Å². The molecule has 0 saturated heterocycles. The highest BCUT2D eigenvalue weighted by Crippen LogP contribution is 2.34. The highest BCUT2D eigenvalue weighted by Gasteiger charge is 2.26. The van der Waals surface area contributed by atoms with Gasteiger partial charge in [-0.3, -0.25) is 4.79 Å². The number of hydrogen-bond acceptors (Lipinski definition) is 2. The molecule has 1 rings (SSSR count). The van der Waals surface area contributed by atoms with Crippen LogP contribution in [-0.4, -0.2) is 30.2 Å². The molecule has 1 saturated carbocycles. The van der Waals surface area contributed by atoms with E-state index in [4.69, 9.17) is 5.11 Å². The van der Waals surface area contributed by atoms with E-state index < -0.39 is 12.0 Å². The number of carbonyl (C=O) groups is 2. The smallest absolute Gasteiger partial charge is 0.323 e. The number of carboxylic acids is 1. The lowest BCUT2D eigenvalue weighted by Crippen LogP contribution is -2.43. The van der Waals surface area contributed by atoms with Gasteiger partial charge >= 0.3 is 12.0 Å². The highest BCUT2D eigenvalue weighted by atomic mass is 16.4. The van der Waals surface area contributed by atoms with Crippen molar-refractivity contribution in [2.45, 2.75) is 39.0 Å². The molecule has 0 aromatic carbocycles. The first kappa shape index (κ1) is 12.8. The molecular formula is C11H20N2O3. The summed E-state index contributed by atoms with van der Waals surface area (Å²) < 4.78 is 0. The minimum atomic E-state index is -1.03. The van der Waals surface area contributed by atoms with Crippen molar-refractivity contribution in [2.75, 3.05) is 13.1 Å². The van der Waals surface area contributed by atoms with Crippen molar-refractivity contribution in [3.63, 3.8) is 0 Å². The van der Waals surface area contributed by atoms with Gasteiger partial charge in [0.25, 0.3) is 0 Å². The number of nitrogens with one attached hydrogen (secondary N) is 2. The molecule has 3 N–H and O–H groups in total. The van der Waals surface area contributed by atoms with Crippen molar-refractivity contribution in [2.24, 2.45) is 5.41 Å². The quantitative estimate of drug-likeness (QED) is 0.679. The zero-order valence-corrected chi connectivity index (χ0v) is 9.71. The van der Waals surface area contributed by atoms with E-state index in [2.05, 4.69) is 17.6 Å². The van der Waals surface area contributed by atoms with Gasteiger partial charge in [0, 0.05) is 6.54 Å². The van der Waals surface area contributed by atoms with Gasteiger partial charge in [-0.05, 0) is 18.3 Å². The van der Waals surface area contributed by atoms with Crippen molar-refractivity contribution < 1.29 is 14.7 Å². The molecule has 0 atom stereocenters. The third-order valence-electron chi connectivity index (χ3n) is 3.14. The van der Waals surface area contributed by atoms with Gasteiger partial charge in [-0.15, -0.1) is 0 Å². The van der Waals surface area contributed by atoms with E-state index in [1.54, 1.807) is 0 Å². The molecule has 0 aliphatic heterocycles. The molecule has 1 aliphatic rings. The monoisotopic (exact) mass is 228 g/mol. The molecular weight excluding hydrogens is 208 g/mol. The third-order valence-corrected chi connectivity index (χ3v) is 3.14. The summed E-state index contributed by atoms with van der Waals surface area (Å²) >= 11 is 0. The molecule has 0 heterocycles. The molecule has 1 aliphatic carbocycles. The Labute approximate surface area is 95.6 Å². The minimum Gasteiger partial charge on any atom is -0.480 e. The normalized spacial score (nSPS) is 18.8. The van der Waals surface area contributed by atoms with Crippen molar-refractivity contribution in [3.05, 3.63) is 0 Å². The van der Waals surface area contributed by atoms with Crippen LogP contribution >= 0.6 is 0 Å². The zero-order chi connectivity index (χ0) is 12.0. The van der Waals surface area contributed by atoms with Crippen LogP contribution in [0.25, 0.3) is 0 Å². The first-order chi connectivity index (χ1) is 7.52. The summed E-state index contributed by atoms with van der Waals surface area (Å²) in [5.41, 5.74) is 0.179. The summed E-state index contributed by atoms with van der Waals surface area (Å²) in [6.45, 7) is 2.46. The highest BCUT2D eigenvalue weighted by molar-refractivity contribution is 5.79. The largest absolute Gasteiger partial charge is 0.480 e. The van der Waals surface area contributed by atoms with Crippen LogP contribution in [0.3, 0.4) is 0 Å². The second-order valence-electron chi connectivity index (χ2n) is 4.80. The molecule has 2 amide bonds. The van der Waals surface area contributed by atoms with Gasteiger partial charge in [0.05, 0.1) is 0 Å². The Hall–Kier alpha value is -1.26. The van der Waals surface area contributed by atoms with Crippen LogP contribution in [0, 0.1) is 5.41 Å². The predicted octanol–water partition coefficient (Wildman–Crippen LogP) is 1.34. The molecule has 92 valence electrons. The van der Waals surface area contributed by atoms with Crippen LogP contribution < -0.4 is 10.6 Å². The summed E-state index contributed by atoms with van der Waals surface area (Å²) in [7, 11) is 0. The van der Waals surface area contributed by atoms with E-state index in [9.17, 15) is 9.59 Å². The molecule has 5 heteroatoms. The Morgan fingerprint density at radius 2 is 1.81 bits per heavy atom. The Bertz CT molecular complexity index is 260. The number of aliphatic carboxylic acids is 1. The fourth-order valence-electron chi connectivity index (χ4n) is 2.09. The minimum absolute atomic E-state index is 0.179. The fourth-order valence-corrected chi connectivity index (χ4v) is 2.09. The van der Waals surface area contributed by atoms with E-state index in [1.165, 1.54) is 19.3 Å². The predicted molar refractivity (Wildman–Crippen MR) is 60.2 cm³/mol. The van der Waals surface area contributed by atoms with Crippen molar-refractivity contribution in [1.29, 1.82) is 0 Å². The van der Waals surface area contributed by atoms with E-state index in [-0.39, 0.29) is 12.0 Å². The Morgan fingerprint density at radius 1 is 1.19 bits per heavy atom. The Kier molecular flexibility index (Phi) is 4.58. The van der Waals surface area contributed by atoms with Crippen LogP contribution in [-0.2, 0) is 4.79 Å². The van der Waals surface area contributed by atoms with E-state index >= 15 is 0 Å². The number of rotatable bonds is 4. The number of hydrogen-bond donors (Lipinski definition) is 3. The lowest BCUT2D eigenvalue weighted by molar-refractivity contribution is -0.135. The van der Waals surface area contributed by atoms with Gasteiger partial charge in [-0.25, -0.2) is 4.79 Å². The van der Waals surface area contributed by atoms with Gasteiger partial charge < -0.3 is 15.7 Å². The third kappa shape index (κ3) is 4.51. The maximum atomic E-state index is 11.2. The summed E-state index contributed by atoms with van der Waals surface area (Å²) in [5, 5.41) is 13.4. The van der Waals surface area contributed by atoms with Crippen molar-refractivity contribution >= 4 is 12.0 Å². The molecule has 0 aromatic rings. The van der Waals surface area contributed by atoms with Crippen LogP contribution in [0.15, 0.2) is 0 Å². The second-order valence-corrected chi connectivity index (χ2v) is 4.80. The summed E-state index contributed by atoms with van der Waals surface area (Å²) in [4.78, 5) is 21.5. The van der Waals surface area contributed by atoms with Crippen molar-refractivity contribution in [1.82, 2.24) is 10.6 Å². The Morgan fingerprint density at radius 3 is 2.38 bits per heavy atom. The summed E-state index contributed by atoms with van der Waals surface area (Å²) in [5.74, 6) is -1.03. The van der Waals surface area contributed by atoms with Crippen molar-refractivity contribution in [3.8, 4) is 0 Å². The maximum absolute atomic E-state index is 11.2. The topological polar surface area (TPSA) is 78.4 Å². The van der Waals surface area contributed by atoms with Gasteiger partial charge in [0.2, 0.25) is 0 Å². The van der Waals surface area contributed by atoms with Gasteiger partial charge in [0.1, 0.15) is 6.54 Å². The molecule has 1 fully saturated rings. The SMILES string of the molecule is CC1(CNC(=O)NCC(=O)O)CCCCC1. The maximum Gasteiger partial charge on any atom is 0.323 e. The molecule has 0 unspecified atom stereocenters. The fraction of sp³-hybridized carbons (Fsp3) is 0.818. The lowest BCUT2D eigenvalue weighted by Gasteiger charge is -2.33. The van der Waals surface area contributed by atoms with E-state index in [1.807, 2.05) is 0 Å². The molecule has 0 aromatic heterocycles. The zero-order valence-electron chi connectivity index (χ0n) is 9.71. The number of amides is 2. The Balaban J connectivity index is 2.22. The summed E-state index contributed by atoms with van der Waals surface area (Å²) in [6, 6.07) is -0.394. The van der Waals surface area contributed by atoms with Crippen LogP contribution in [0.2, 0.25) is 0 Å². The number of carboxylic acid groups (broad SMARTS) is 1. The molecule has 16 heavy (non-hydrogen) atoms. The molecule has 0 spiro atoms. The summed E-state index contributed by atoms with van der Waals surface area (Å²) in [6.07, 6.45) is 5.98. The van der Waals surface area contributed by atoms with E-state index in [0.29, 0.717) is 6.54 Å². The van der Waals surface area contributed by atoms with Gasteiger partial charge in [-0.2, -0.15) is 0 Å². The van der Waals surface area contributed by atoms with Gasteiger partial charge in [-0.1, -0.05) is 26.2 Å². The lowest BCUT2D eigenvalue weighted by atomic mass is 9.76. The molecule has 0 radical (unpaired) electrons. The first-order valence-corrected chi connectivity index (χ1v) is 5.75.